The van der Waals surface area contributed by atoms with Crippen molar-refractivity contribution >= 4 is 22.4 Å². The first-order chi connectivity index (χ1) is 14.0. The molecular formula is C20H25N5O3S. The number of nitrogens with one attached hydrogen (secondary N) is 2. The summed E-state index contributed by atoms with van der Waals surface area (Å²) in [6.07, 6.45) is 1.47. The van der Waals surface area contributed by atoms with Crippen LogP contribution < -0.4 is 20.1 Å². The number of likely N-dealkylation sites (tertiary alicyclic amines) is 1. The molecule has 1 atom stereocenters. The molecule has 0 spiro atoms. The molecule has 2 N–H and O–H groups in total. The van der Waals surface area contributed by atoms with E-state index in [9.17, 15) is 10.1 Å². The zero-order valence-electron chi connectivity index (χ0n) is 16.8. The minimum absolute atomic E-state index is 0.0810. The second-order valence-corrected chi connectivity index (χ2v) is 7.56. The first-order valence-electron chi connectivity index (χ1n) is 9.39. The van der Waals surface area contributed by atoms with E-state index in [1.54, 1.807) is 19.1 Å². The topological polar surface area (TPSA) is 99.5 Å². The summed E-state index contributed by atoms with van der Waals surface area (Å²) in [7, 11) is 3.23. The van der Waals surface area contributed by atoms with Crippen molar-refractivity contribution in [2.24, 2.45) is 0 Å². The number of nitrogens with zero attached hydrogens (tertiary/aromatic N) is 3. The summed E-state index contributed by atoms with van der Waals surface area (Å²) in [5.41, 5.74) is 0.803. The Kier molecular flexibility index (Phi) is 6.56. The fourth-order valence-corrected chi connectivity index (χ4v) is 4.25. The Bertz CT molecular complexity index is 910. The predicted octanol–water partition coefficient (Wildman–Crippen LogP) is 2.69. The molecule has 1 aliphatic heterocycles. The smallest absolute Gasteiger partial charge is 0.221 e. The highest BCUT2D eigenvalue weighted by molar-refractivity contribution is 7.14. The normalized spacial score (nSPS) is 18.3. The molecule has 154 valence electrons. The quantitative estimate of drug-likeness (QED) is 0.640. The third-order valence-electron chi connectivity index (χ3n) is 4.95. The van der Waals surface area contributed by atoms with E-state index in [2.05, 4.69) is 21.7 Å². The number of methoxy groups -OCH3 is 2. The predicted molar refractivity (Wildman–Crippen MR) is 112 cm³/mol. The van der Waals surface area contributed by atoms with Gasteiger partial charge in [0, 0.05) is 43.6 Å². The van der Waals surface area contributed by atoms with Gasteiger partial charge in [-0.25, -0.2) is 4.98 Å². The molecule has 0 bridgehead atoms. The average Bonchev–Trinajstić information content (AvgIpc) is 3.38. The lowest BCUT2D eigenvalue weighted by Crippen LogP contribution is -2.56. The standard InChI is InChI=1S/C20H25N5O3S/c1-14(26)25-10-4-7-20(25,13-21)23-9-8-22-19-24-17(12-29-19)16-6-5-15(27-2)11-18(16)28-3/h5-6,11-12,23H,4,7-10H2,1-3H3,(H,22,24). The van der Waals surface area contributed by atoms with Crippen molar-refractivity contribution in [3.8, 4) is 28.8 Å². The summed E-state index contributed by atoms with van der Waals surface area (Å²) >= 11 is 1.50. The van der Waals surface area contributed by atoms with Crippen molar-refractivity contribution in [1.29, 1.82) is 5.26 Å². The summed E-state index contributed by atoms with van der Waals surface area (Å²) in [6, 6.07) is 7.91. The molecule has 1 unspecified atom stereocenters. The van der Waals surface area contributed by atoms with Gasteiger partial charge < -0.3 is 19.7 Å². The number of ether oxygens (including phenoxy) is 2. The minimum Gasteiger partial charge on any atom is -0.497 e. The van der Waals surface area contributed by atoms with Crippen LogP contribution in [0.1, 0.15) is 19.8 Å². The Morgan fingerprint density at radius 2 is 2.21 bits per heavy atom. The first-order valence-corrected chi connectivity index (χ1v) is 10.3. The van der Waals surface area contributed by atoms with Crippen LogP contribution in [0.3, 0.4) is 0 Å². The van der Waals surface area contributed by atoms with E-state index in [1.165, 1.54) is 18.3 Å². The molecule has 0 radical (unpaired) electrons. The van der Waals surface area contributed by atoms with Crippen molar-refractivity contribution in [1.82, 2.24) is 15.2 Å². The molecule has 29 heavy (non-hydrogen) atoms. The molecule has 1 fully saturated rings. The van der Waals surface area contributed by atoms with Gasteiger partial charge in [0.1, 0.15) is 17.6 Å². The van der Waals surface area contributed by atoms with Gasteiger partial charge in [-0.3, -0.25) is 10.1 Å². The Labute approximate surface area is 174 Å². The minimum atomic E-state index is -0.905. The van der Waals surface area contributed by atoms with Crippen LogP contribution in [0.25, 0.3) is 11.3 Å². The van der Waals surface area contributed by atoms with Crippen LogP contribution >= 0.6 is 11.3 Å². The molecule has 3 rings (SSSR count). The van der Waals surface area contributed by atoms with Gasteiger partial charge >= 0.3 is 0 Å². The van der Waals surface area contributed by atoms with Gasteiger partial charge in [-0.1, -0.05) is 0 Å². The van der Waals surface area contributed by atoms with Gasteiger partial charge in [0.05, 0.1) is 19.9 Å². The maximum Gasteiger partial charge on any atom is 0.221 e. The molecule has 2 aromatic rings. The van der Waals surface area contributed by atoms with Crippen LogP contribution in [-0.2, 0) is 4.79 Å². The Balaban J connectivity index is 1.59. The van der Waals surface area contributed by atoms with Crippen LogP contribution in [0.5, 0.6) is 11.5 Å². The molecule has 1 aromatic heterocycles. The van der Waals surface area contributed by atoms with Crippen molar-refractivity contribution < 1.29 is 14.3 Å². The van der Waals surface area contributed by atoms with Crippen molar-refractivity contribution in [3.05, 3.63) is 23.6 Å². The number of hydrogen-bond donors (Lipinski definition) is 2. The summed E-state index contributed by atoms with van der Waals surface area (Å²) < 4.78 is 10.7. The molecule has 0 saturated carbocycles. The number of amides is 1. The van der Waals surface area contributed by atoms with E-state index in [1.807, 2.05) is 23.6 Å². The average molecular weight is 416 g/mol. The number of carbonyl (C=O) groups excluding carboxylic acids is 1. The SMILES string of the molecule is COc1ccc(-c2csc(NCCNC3(C#N)CCCN3C(C)=O)n2)c(OC)c1. The Morgan fingerprint density at radius 1 is 1.38 bits per heavy atom. The fourth-order valence-electron chi connectivity index (χ4n) is 3.51. The van der Waals surface area contributed by atoms with E-state index < -0.39 is 5.66 Å². The van der Waals surface area contributed by atoms with Crippen molar-refractivity contribution in [2.45, 2.75) is 25.4 Å². The second-order valence-electron chi connectivity index (χ2n) is 6.70. The third kappa shape index (κ3) is 4.44. The zero-order chi connectivity index (χ0) is 20.9. The van der Waals surface area contributed by atoms with E-state index in [0.717, 1.165) is 28.6 Å². The first kappa shape index (κ1) is 20.9. The lowest BCUT2D eigenvalue weighted by Gasteiger charge is -2.32. The largest absolute Gasteiger partial charge is 0.497 e. The number of rotatable bonds is 8. The Hall–Kier alpha value is -2.83. The van der Waals surface area contributed by atoms with Gasteiger partial charge in [0.2, 0.25) is 5.91 Å². The summed E-state index contributed by atoms with van der Waals surface area (Å²) in [6.45, 7) is 3.24. The highest BCUT2D eigenvalue weighted by Gasteiger charge is 2.42. The number of thiazole rings is 1. The monoisotopic (exact) mass is 415 g/mol. The van der Waals surface area contributed by atoms with E-state index in [4.69, 9.17) is 9.47 Å². The van der Waals surface area contributed by atoms with Crippen LogP contribution in [-0.4, -0.2) is 55.3 Å². The van der Waals surface area contributed by atoms with Gasteiger partial charge in [-0.15, -0.1) is 11.3 Å². The number of carbonyl (C=O) groups is 1. The van der Waals surface area contributed by atoms with Crippen LogP contribution in [0.15, 0.2) is 23.6 Å². The van der Waals surface area contributed by atoms with Gasteiger partial charge in [-0.2, -0.15) is 5.26 Å². The number of benzene rings is 1. The molecule has 1 saturated heterocycles. The number of hydrogen-bond acceptors (Lipinski definition) is 8. The van der Waals surface area contributed by atoms with Crippen LogP contribution in [0, 0.1) is 11.3 Å². The fraction of sp³-hybridized carbons (Fsp3) is 0.450. The summed E-state index contributed by atoms with van der Waals surface area (Å²) in [5.74, 6) is 1.34. The molecule has 8 nitrogen and oxygen atoms in total. The summed E-state index contributed by atoms with van der Waals surface area (Å²) in [5, 5.41) is 18.9. The Morgan fingerprint density at radius 3 is 2.90 bits per heavy atom. The zero-order valence-corrected chi connectivity index (χ0v) is 17.6. The third-order valence-corrected chi connectivity index (χ3v) is 5.75. The van der Waals surface area contributed by atoms with E-state index in [0.29, 0.717) is 31.8 Å². The van der Waals surface area contributed by atoms with E-state index in [-0.39, 0.29) is 5.91 Å². The molecular weight excluding hydrogens is 390 g/mol. The van der Waals surface area contributed by atoms with E-state index >= 15 is 0 Å². The maximum absolute atomic E-state index is 11.8. The highest BCUT2D eigenvalue weighted by atomic mass is 32.1. The number of anilines is 1. The number of aromatic nitrogens is 1. The molecule has 1 aliphatic rings. The summed E-state index contributed by atoms with van der Waals surface area (Å²) in [4.78, 5) is 18.0. The molecule has 2 heterocycles. The second kappa shape index (κ2) is 9.11. The van der Waals surface area contributed by atoms with Gasteiger partial charge in [0.15, 0.2) is 10.8 Å². The molecule has 0 aliphatic carbocycles. The lowest BCUT2D eigenvalue weighted by molar-refractivity contribution is -0.132. The molecule has 1 amide bonds. The maximum atomic E-state index is 11.8. The lowest BCUT2D eigenvalue weighted by atomic mass is 10.1. The highest BCUT2D eigenvalue weighted by Crippen LogP contribution is 2.34. The van der Waals surface area contributed by atoms with Crippen molar-refractivity contribution in [3.63, 3.8) is 0 Å². The van der Waals surface area contributed by atoms with Gasteiger partial charge in [0.25, 0.3) is 0 Å². The van der Waals surface area contributed by atoms with Crippen molar-refractivity contribution in [2.75, 3.05) is 39.2 Å². The van der Waals surface area contributed by atoms with Gasteiger partial charge in [-0.05, 0) is 25.0 Å². The van der Waals surface area contributed by atoms with Crippen LogP contribution in [0.4, 0.5) is 5.13 Å². The number of nitriles is 1. The van der Waals surface area contributed by atoms with Crippen LogP contribution in [0.2, 0.25) is 0 Å². The molecule has 1 aromatic carbocycles. The molecule has 9 heteroatoms.